The fraction of sp³-hybridized carbons (Fsp3) is 0.500. The normalized spacial score (nSPS) is 14.8. The average Bonchev–Trinajstić information content (AvgIpc) is 2.93. The number of thioether (sulfide) groups is 1. The first kappa shape index (κ1) is 19.4. The van der Waals surface area contributed by atoms with Gasteiger partial charge >= 0.3 is 6.18 Å². The molecule has 0 saturated carbocycles. The Morgan fingerprint density at radius 1 is 1.32 bits per heavy atom. The van der Waals surface area contributed by atoms with Gasteiger partial charge in [-0.05, 0) is 32.0 Å². The molecule has 0 radical (unpaired) electrons. The van der Waals surface area contributed by atoms with Crippen LogP contribution in [0.4, 0.5) is 29.3 Å². The summed E-state index contributed by atoms with van der Waals surface area (Å²) in [6, 6.07) is 3.30. The second kappa shape index (κ2) is 7.99. The number of carbonyl (C=O) groups excluding carboxylic acids is 2. The minimum atomic E-state index is -4.50. The largest absolute Gasteiger partial charge is 0.416 e. The summed E-state index contributed by atoms with van der Waals surface area (Å²) in [5.41, 5.74) is -0.206. The zero-order valence-electron chi connectivity index (χ0n) is 14.0. The van der Waals surface area contributed by atoms with Crippen LogP contribution in [0.5, 0.6) is 0 Å². The highest BCUT2D eigenvalue weighted by Gasteiger charge is 2.32. The van der Waals surface area contributed by atoms with Gasteiger partial charge in [-0.1, -0.05) is 11.8 Å². The highest BCUT2D eigenvalue weighted by atomic mass is 32.2. The molecule has 25 heavy (non-hydrogen) atoms. The third-order valence-electron chi connectivity index (χ3n) is 3.88. The van der Waals surface area contributed by atoms with E-state index in [1.54, 1.807) is 0 Å². The summed E-state index contributed by atoms with van der Waals surface area (Å²) in [5, 5.41) is 2.34. The maximum absolute atomic E-state index is 13.0. The number of rotatable bonds is 6. The van der Waals surface area contributed by atoms with Crippen molar-refractivity contribution in [2.45, 2.75) is 20.0 Å². The number of benzene rings is 1. The van der Waals surface area contributed by atoms with Crippen molar-refractivity contribution in [1.82, 2.24) is 4.90 Å². The predicted molar refractivity (Wildman–Crippen MR) is 93.1 cm³/mol. The summed E-state index contributed by atoms with van der Waals surface area (Å²) in [7, 11) is 0. The maximum Gasteiger partial charge on any atom is 0.416 e. The summed E-state index contributed by atoms with van der Waals surface area (Å²) in [4.78, 5) is 27.0. The van der Waals surface area contributed by atoms with Crippen LogP contribution < -0.4 is 10.2 Å². The maximum atomic E-state index is 13.0. The van der Waals surface area contributed by atoms with Crippen molar-refractivity contribution < 1.29 is 22.8 Å². The van der Waals surface area contributed by atoms with Crippen molar-refractivity contribution in [1.29, 1.82) is 0 Å². The number of nitrogens with one attached hydrogen (secondary N) is 1. The van der Waals surface area contributed by atoms with Crippen molar-refractivity contribution >= 4 is 34.3 Å². The van der Waals surface area contributed by atoms with Gasteiger partial charge in [0.2, 0.25) is 5.91 Å². The third kappa shape index (κ3) is 4.81. The Balaban J connectivity index is 2.25. The summed E-state index contributed by atoms with van der Waals surface area (Å²) in [6.45, 7) is 5.24. The van der Waals surface area contributed by atoms with Gasteiger partial charge < -0.3 is 15.1 Å². The van der Waals surface area contributed by atoms with E-state index in [1.165, 1.54) is 11.0 Å². The molecule has 1 aromatic rings. The Kier molecular flexibility index (Phi) is 6.21. The molecule has 1 N–H and O–H groups in total. The van der Waals surface area contributed by atoms with Gasteiger partial charge in [0.1, 0.15) is 6.54 Å². The molecule has 1 saturated heterocycles. The van der Waals surface area contributed by atoms with Gasteiger partial charge in [-0.3, -0.25) is 9.59 Å². The van der Waals surface area contributed by atoms with E-state index < -0.39 is 17.6 Å². The molecule has 5 nitrogen and oxygen atoms in total. The van der Waals surface area contributed by atoms with Crippen LogP contribution in [0.1, 0.15) is 19.4 Å². The molecule has 1 aliphatic rings. The second-order valence-electron chi connectivity index (χ2n) is 5.49. The van der Waals surface area contributed by atoms with Gasteiger partial charge in [-0.2, -0.15) is 13.2 Å². The number of anilines is 2. The van der Waals surface area contributed by atoms with E-state index in [2.05, 4.69) is 5.32 Å². The second-order valence-corrected chi connectivity index (χ2v) is 6.53. The minimum Gasteiger partial charge on any atom is -0.370 e. The molecule has 1 aliphatic heterocycles. The topological polar surface area (TPSA) is 52.7 Å². The molecule has 0 aliphatic carbocycles. The Hall–Kier alpha value is -1.90. The van der Waals surface area contributed by atoms with Gasteiger partial charge in [0.15, 0.2) is 0 Å². The highest BCUT2D eigenvalue weighted by Crippen LogP contribution is 2.35. The smallest absolute Gasteiger partial charge is 0.370 e. The van der Waals surface area contributed by atoms with Crippen LogP contribution in [0.2, 0.25) is 0 Å². The molecular formula is C16H20F3N3O2S. The summed E-state index contributed by atoms with van der Waals surface area (Å²) in [6.07, 6.45) is -4.50. The standard InChI is InChI=1S/C16H20F3N3O2S/c1-3-21(4-2)13-6-5-11(16(17,18)19)9-12(13)20-14(23)10-22-7-8-25-15(22)24/h5-6,9H,3-4,7-8,10H2,1-2H3,(H,20,23). The molecule has 0 aromatic heterocycles. The summed E-state index contributed by atoms with van der Waals surface area (Å²) < 4.78 is 39.0. The minimum absolute atomic E-state index is 0.0998. The van der Waals surface area contributed by atoms with E-state index in [1.807, 2.05) is 18.7 Å². The Morgan fingerprint density at radius 3 is 2.52 bits per heavy atom. The number of carbonyl (C=O) groups is 2. The molecule has 1 aromatic carbocycles. The van der Waals surface area contributed by atoms with Crippen molar-refractivity contribution in [3.05, 3.63) is 23.8 Å². The quantitative estimate of drug-likeness (QED) is 0.825. The van der Waals surface area contributed by atoms with Crippen molar-refractivity contribution in [3.63, 3.8) is 0 Å². The van der Waals surface area contributed by atoms with Gasteiger partial charge in [-0.15, -0.1) is 0 Å². The van der Waals surface area contributed by atoms with Crippen LogP contribution in [0.15, 0.2) is 18.2 Å². The SMILES string of the molecule is CCN(CC)c1ccc(C(F)(F)F)cc1NC(=O)CN1CCSC1=O. The van der Waals surface area contributed by atoms with E-state index in [9.17, 15) is 22.8 Å². The molecule has 1 heterocycles. The molecule has 0 bridgehead atoms. The van der Waals surface area contributed by atoms with Crippen LogP contribution >= 0.6 is 11.8 Å². The van der Waals surface area contributed by atoms with Crippen molar-refractivity contribution in [3.8, 4) is 0 Å². The molecule has 2 rings (SSSR count). The summed E-state index contributed by atoms with van der Waals surface area (Å²) >= 11 is 1.12. The predicted octanol–water partition coefficient (Wildman–Crippen LogP) is 3.66. The Morgan fingerprint density at radius 2 is 2.00 bits per heavy atom. The third-order valence-corrected chi connectivity index (χ3v) is 4.77. The van der Waals surface area contributed by atoms with Crippen molar-refractivity contribution in [2.24, 2.45) is 0 Å². The lowest BCUT2D eigenvalue weighted by Crippen LogP contribution is -2.34. The first-order chi connectivity index (χ1) is 11.8. The number of alkyl halides is 3. The van der Waals surface area contributed by atoms with Gasteiger partial charge in [-0.25, -0.2) is 0 Å². The number of hydrogen-bond acceptors (Lipinski definition) is 4. The zero-order chi connectivity index (χ0) is 18.6. The van der Waals surface area contributed by atoms with Crippen LogP contribution in [-0.4, -0.2) is 48.0 Å². The first-order valence-electron chi connectivity index (χ1n) is 7.94. The molecule has 0 atom stereocenters. The Labute approximate surface area is 148 Å². The Bertz CT molecular complexity index is 648. The van der Waals surface area contributed by atoms with Crippen LogP contribution in [0, 0.1) is 0 Å². The van der Waals surface area contributed by atoms with Gasteiger partial charge in [0, 0.05) is 25.4 Å². The molecule has 138 valence electrons. The van der Waals surface area contributed by atoms with E-state index in [-0.39, 0.29) is 17.5 Å². The monoisotopic (exact) mass is 375 g/mol. The van der Waals surface area contributed by atoms with E-state index >= 15 is 0 Å². The van der Waals surface area contributed by atoms with Crippen LogP contribution in [0.3, 0.4) is 0 Å². The van der Waals surface area contributed by atoms with Gasteiger partial charge in [0.05, 0.1) is 16.9 Å². The van der Waals surface area contributed by atoms with Crippen molar-refractivity contribution in [2.75, 3.05) is 42.1 Å². The first-order valence-corrected chi connectivity index (χ1v) is 8.92. The lowest BCUT2D eigenvalue weighted by molar-refractivity contribution is -0.137. The molecule has 1 fully saturated rings. The lowest BCUT2D eigenvalue weighted by atomic mass is 10.1. The van der Waals surface area contributed by atoms with E-state index in [0.717, 1.165) is 23.9 Å². The molecule has 2 amide bonds. The molecular weight excluding hydrogens is 355 g/mol. The van der Waals surface area contributed by atoms with Gasteiger partial charge in [0.25, 0.3) is 5.24 Å². The zero-order valence-corrected chi connectivity index (χ0v) is 14.8. The number of halogens is 3. The molecule has 0 unspecified atom stereocenters. The summed E-state index contributed by atoms with van der Waals surface area (Å²) in [5.74, 6) is 0.101. The lowest BCUT2D eigenvalue weighted by Gasteiger charge is -2.25. The fourth-order valence-corrected chi connectivity index (χ4v) is 3.41. The van der Waals surface area contributed by atoms with E-state index in [0.29, 0.717) is 31.1 Å². The number of amides is 2. The molecule has 9 heteroatoms. The fourth-order valence-electron chi connectivity index (χ4n) is 2.58. The van der Waals surface area contributed by atoms with Crippen LogP contribution in [-0.2, 0) is 11.0 Å². The van der Waals surface area contributed by atoms with Crippen LogP contribution in [0.25, 0.3) is 0 Å². The average molecular weight is 375 g/mol. The number of hydrogen-bond donors (Lipinski definition) is 1. The molecule has 0 spiro atoms. The van der Waals surface area contributed by atoms with E-state index in [4.69, 9.17) is 0 Å². The highest BCUT2D eigenvalue weighted by molar-refractivity contribution is 8.13. The number of nitrogens with zero attached hydrogens (tertiary/aromatic N) is 2.